The van der Waals surface area contributed by atoms with E-state index in [0.29, 0.717) is 0 Å². The molecule has 0 bridgehead atoms. The largest absolute Gasteiger partial charge is 0.461 e. The lowest BCUT2D eigenvalue weighted by Crippen LogP contribution is -2.28. The molecule has 1 aromatic heterocycles. The molecule has 0 saturated carbocycles. The lowest BCUT2D eigenvalue weighted by molar-refractivity contribution is 0.212. The van der Waals surface area contributed by atoms with Crippen LogP contribution in [0.1, 0.15) is 64.2 Å². The second kappa shape index (κ2) is 12.1. The summed E-state index contributed by atoms with van der Waals surface area (Å²) in [6.07, 6.45) is 10.6. The number of ether oxygens (including phenoxy) is 1. The molecule has 2 aromatic carbocycles. The van der Waals surface area contributed by atoms with Crippen LogP contribution in [0.3, 0.4) is 0 Å². The fraction of sp³-hybridized carbons (Fsp3) is 0.316. The molecule has 2 aliphatic heterocycles. The first kappa shape index (κ1) is 28.8. The lowest BCUT2D eigenvalue weighted by atomic mass is 9.82. The Morgan fingerprint density at radius 2 is 1.47 bits per heavy atom. The Bertz CT molecular complexity index is 1710. The number of nitrogens with zero attached hydrogens (tertiary/aromatic N) is 3. The van der Waals surface area contributed by atoms with Gasteiger partial charge in [0.2, 0.25) is 0 Å². The quantitative estimate of drug-likeness (QED) is 0.287. The van der Waals surface area contributed by atoms with Gasteiger partial charge in [-0.2, -0.15) is 10.5 Å². The molecule has 0 N–H and O–H groups in total. The van der Waals surface area contributed by atoms with Crippen molar-refractivity contribution in [2.24, 2.45) is 5.41 Å². The standard InChI is InChI=1S/C38H37N3OS/c1-38(2,3)33-23-31(29(24-39)25-40)30-19-13-18-28(36(30)42-33)22-32-34(26-14-7-4-8-15-26)35(27-16-9-5-10-17-27)37(43-32)41-20-11-6-12-21-41/h4-5,7-10,14-17,22-23H,6,11-13,18-21H2,1-3H3/b28-22+. The maximum Gasteiger partial charge on any atom is 0.137 e. The minimum atomic E-state index is -0.275. The Morgan fingerprint density at radius 3 is 2.07 bits per heavy atom. The molecule has 3 aromatic rings. The fourth-order valence-electron chi connectivity index (χ4n) is 6.27. The van der Waals surface area contributed by atoms with Crippen LogP contribution in [-0.4, -0.2) is 13.1 Å². The molecule has 3 aliphatic rings. The summed E-state index contributed by atoms with van der Waals surface area (Å²) in [5.41, 5.74) is 7.69. The van der Waals surface area contributed by atoms with Gasteiger partial charge in [-0.15, -0.1) is 11.3 Å². The van der Waals surface area contributed by atoms with Crippen molar-refractivity contribution in [2.45, 2.75) is 59.3 Å². The van der Waals surface area contributed by atoms with Crippen molar-refractivity contribution in [1.29, 1.82) is 10.5 Å². The summed E-state index contributed by atoms with van der Waals surface area (Å²) in [6.45, 7) is 8.47. The molecule has 0 amide bonds. The smallest absolute Gasteiger partial charge is 0.137 e. The van der Waals surface area contributed by atoms with Gasteiger partial charge in [-0.1, -0.05) is 81.4 Å². The number of thiophene rings is 1. The molecule has 1 saturated heterocycles. The number of hydrogen-bond donors (Lipinski definition) is 0. The van der Waals surface area contributed by atoms with Crippen molar-refractivity contribution in [3.63, 3.8) is 0 Å². The number of benzene rings is 2. The number of nitriles is 2. The van der Waals surface area contributed by atoms with Gasteiger partial charge in [0.1, 0.15) is 34.2 Å². The van der Waals surface area contributed by atoms with E-state index in [2.05, 4.69) is 105 Å². The molecule has 1 aliphatic carbocycles. The Balaban J connectivity index is 1.59. The van der Waals surface area contributed by atoms with Crippen LogP contribution in [0.25, 0.3) is 28.3 Å². The maximum absolute atomic E-state index is 9.85. The molecule has 6 rings (SSSR count). The highest BCUT2D eigenvalue weighted by Crippen LogP contribution is 2.51. The summed E-state index contributed by atoms with van der Waals surface area (Å²) in [5.74, 6) is 1.61. The third kappa shape index (κ3) is 5.71. The number of rotatable bonds is 4. The summed E-state index contributed by atoms with van der Waals surface area (Å²) in [4.78, 5) is 3.80. The third-order valence-corrected chi connectivity index (χ3v) is 9.67. The number of anilines is 1. The van der Waals surface area contributed by atoms with Crippen molar-refractivity contribution < 1.29 is 4.74 Å². The highest BCUT2D eigenvalue weighted by atomic mass is 32.1. The third-order valence-electron chi connectivity index (χ3n) is 8.47. The summed E-state index contributed by atoms with van der Waals surface area (Å²) < 4.78 is 6.71. The van der Waals surface area contributed by atoms with Crippen LogP contribution in [0, 0.1) is 28.1 Å². The van der Waals surface area contributed by atoms with Gasteiger partial charge in [0, 0.05) is 45.7 Å². The van der Waals surface area contributed by atoms with Gasteiger partial charge < -0.3 is 9.64 Å². The van der Waals surface area contributed by atoms with E-state index in [9.17, 15) is 10.5 Å². The van der Waals surface area contributed by atoms with Crippen molar-refractivity contribution in [3.05, 3.63) is 105 Å². The molecule has 3 heterocycles. The van der Waals surface area contributed by atoms with Crippen LogP contribution < -0.4 is 4.90 Å². The second-order valence-corrected chi connectivity index (χ2v) is 13.5. The molecule has 0 atom stereocenters. The van der Waals surface area contributed by atoms with E-state index >= 15 is 0 Å². The molecule has 1 fully saturated rings. The Morgan fingerprint density at radius 1 is 0.837 bits per heavy atom. The number of piperidine rings is 1. The fourth-order valence-corrected chi connectivity index (χ4v) is 7.64. The van der Waals surface area contributed by atoms with E-state index in [1.807, 2.05) is 17.4 Å². The van der Waals surface area contributed by atoms with Gasteiger partial charge in [-0.3, -0.25) is 0 Å². The summed E-state index contributed by atoms with van der Waals surface area (Å²) >= 11 is 1.88. The Labute approximate surface area is 259 Å². The van der Waals surface area contributed by atoms with Gasteiger partial charge >= 0.3 is 0 Å². The van der Waals surface area contributed by atoms with Gasteiger partial charge in [-0.25, -0.2) is 0 Å². The van der Waals surface area contributed by atoms with Crippen LogP contribution in [0.15, 0.2) is 101 Å². The average molecular weight is 584 g/mol. The molecular weight excluding hydrogens is 547 g/mol. The van der Waals surface area contributed by atoms with Crippen LogP contribution in [0.5, 0.6) is 0 Å². The SMILES string of the molecule is CC(C)(C)C1=CC(=C(C#N)C#N)C2=C(O1)/C(=C/c1sc(N3CCCCC3)c(-c3ccccc3)c1-c1ccccc1)CCC2. The molecule has 43 heavy (non-hydrogen) atoms. The topological polar surface area (TPSA) is 60.1 Å². The molecule has 216 valence electrons. The lowest BCUT2D eigenvalue weighted by Gasteiger charge is -2.33. The van der Waals surface area contributed by atoms with Crippen LogP contribution >= 0.6 is 11.3 Å². The molecule has 0 radical (unpaired) electrons. The highest BCUT2D eigenvalue weighted by molar-refractivity contribution is 7.18. The van der Waals surface area contributed by atoms with Gasteiger partial charge in [0.15, 0.2) is 0 Å². The van der Waals surface area contributed by atoms with Crippen molar-refractivity contribution in [1.82, 2.24) is 0 Å². The first-order valence-corrected chi connectivity index (χ1v) is 16.1. The van der Waals surface area contributed by atoms with E-state index < -0.39 is 0 Å². The minimum Gasteiger partial charge on any atom is -0.461 e. The van der Waals surface area contributed by atoms with E-state index in [1.165, 1.54) is 51.4 Å². The zero-order valence-electron chi connectivity index (χ0n) is 25.2. The highest BCUT2D eigenvalue weighted by Gasteiger charge is 2.33. The van der Waals surface area contributed by atoms with Gasteiger partial charge in [-0.05, 0) is 67.4 Å². The van der Waals surface area contributed by atoms with E-state index in [4.69, 9.17) is 4.74 Å². The monoisotopic (exact) mass is 583 g/mol. The van der Waals surface area contributed by atoms with Crippen LogP contribution in [0.2, 0.25) is 0 Å². The molecule has 5 heteroatoms. The van der Waals surface area contributed by atoms with Crippen molar-refractivity contribution in [2.75, 3.05) is 18.0 Å². The average Bonchev–Trinajstić information content (AvgIpc) is 3.41. The normalized spacial score (nSPS) is 18.0. The second-order valence-electron chi connectivity index (χ2n) is 12.5. The van der Waals surface area contributed by atoms with Gasteiger partial charge in [0.05, 0.1) is 0 Å². The molecular formula is C38H37N3OS. The van der Waals surface area contributed by atoms with Crippen molar-refractivity contribution >= 4 is 22.4 Å². The first-order valence-electron chi connectivity index (χ1n) is 15.3. The zero-order valence-corrected chi connectivity index (χ0v) is 26.1. The predicted molar refractivity (Wildman–Crippen MR) is 177 cm³/mol. The summed E-state index contributed by atoms with van der Waals surface area (Å²) in [6, 6.07) is 25.8. The van der Waals surface area contributed by atoms with E-state index in [0.717, 1.165) is 60.6 Å². The molecule has 4 nitrogen and oxygen atoms in total. The molecule has 0 spiro atoms. The maximum atomic E-state index is 9.85. The zero-order chi connectivity index (χ0) is 30.0. The Kier molecular flexibility index (Phi) is 8.11. The van der Waals surface area contributed by atoms with Gasteiger partial charge in [0.25, 0.3) is 0 Å². The Hall–Kier alpha value is -4.32. The van der Waals surface area contributed by atoms with E-state index in [1.54, 1.807) is 0 Å². The van der Waals surface area contributed by atoms with Crippen LogP contribution in [0.4, 0.5) is 5.00 Å². The van der Waals surface area contributed by atoms with Crippen LogP contribution in [-0.2, 0) is 4.74 Å². The molecule has 0 unspecified atom stereocenters. The van der Waals surface area contributed by atoms with Crippen molar-refractivity contribution in [3.8, 4) is 34.4 Å². The minimum absolute atomic E-state index is 0.152. The predicted octanol–water partition coefficient (Wildman–Crippen LogP) is 10.2. The number of hydrogen-bond acceptors (Lipinski definition) is 5. The summed E-state index contributed by atoms with van der Waals surface area (Å²) in [7, 11) is 0. The number of allylic oxidation sites excluding steroid dienone is 6. The summed E-state index contributed by atoms with van der Waals surface area (Å²) in [5, 5.41) is 21.0. The van der Waals surface area contributed by atoms with E-state index in [-0.39, 0.29) is 11.0 Å². The first-order chi connectivity index (χ1) is 20.9.